The normalized spacial score (nSPS) is 13.5. The van der Waals surface area contributed by atoms with Crippen LogP contribution in [0.1, 0.15) is 32.6 Å². The van der Waals surface area contributed by atoms with Gasteiger partial charge in [-0.25, -0.2) is 0 Å². The Hall–Kier alpha value is -0.0800. The van der Waals surface area contributed by atoms with E-state index < -0.39 is 0 Å². The second-order valence-corrected chi connectivity index (χ2v) is 2.43. The van der Waals surface area contributed by atoms with Crippen molar-refractivity contribution >= 4 is 0 Å². The van der Waals surface area contributed by atoms with Crippen molar-refractivity contribution in [2.24, 2.45) is 0 Å². The van der Waals surface area contributed by atoms with Gasteiger partial charge in [-0.15, -0.1) is 0 Å². The molecular weight excluding hydrogens is 128 g/mol. The maximum absolute atomic E-state index is 9.04. The number of aliphatic hydroxyl groups excluding tert-OH is 2. The Morgan fingerprint density at radius 3 is 2.60 bits per heavy atom. The van der Waals surface area contributed by atoms with E-state index >= 15 is 0 Å². The molecule has 2 N–H and O–H groups in total. The highest BCUT2D eigenvalue weighted by Crippen LogP contribution is 2.03. The van der Waals surface area contributed by atoms with Gasteiger partial charge in [-0.3, -0.25) is 0 Å². The Morgan fingerprint density at radius 2 is 2.10 bits per heavy atom. The molecule has 61 valence electrons. The third-order valence-electron chi connectivity index (χ3n) is 1.47. The smallest absolute Gasteiger partial charge is 0.0569 e. The number of unbranched alkanes of at least 4 members (excludes halogenated alkanes) is 2. The summed E-state index contributed by atoms with van der Waals surface area (Å²) in [6.07, 6.45) is 5.17. The fourth-order valence-corrected chi connectivity index (χ4v) is 0.733. The maximum Gasteiger partial charge on any atom is 0.0569 e. The summed E-state index contributed by atoms with van der Waals surface area (Å²) < 4.78 is 0. The van der Waals surface area contributed by atoms with Crippen molar-refractivity contribution < 1.29 is 10.2 Å². The lowest BCUT2D eigenvalue weighted by Gasteiger charge is -2.04. The Morgan fingerprint density at radius 1 is 1.40 bits per heavy atom. The molecule has 10 heavy (non-hydrogen) atoms. The topological polar surface area (TPSA) is 40.5 Å². The van der Waals surface area contributed by atoms with Gasteiger partial charge in [-0.1, -0.05) is 13.3 Å². The summed E-state index contributed by atoms with van der Waals surface area (Å²) in [5.74, 6) is 0. The van der Waals surface area contributed by atoms with Crippen LogP contribution in [-0.4, -0.2) is 22.9 Å². The summed E-state index contributed by atoms with van der Waals surface area (Å²) in [6.45, 7) is 2.21. The van der Waals surface area contributed by atoms with Gasteiger partial charge in [0.25, 0.3) is 0 Å². The standard InChI is InChI=1S/C8H17O2/c1-2-8(10)6-4-3-5-7-9/h6,8-10H,2-5,7H2,1H3. The van der Waals surface area contributed by atoms with Crippen molar-refractivity contribution in [1.29, 1.82) is 0 Å². The zero-order chi connectivity index (χ0) is 7.82. The monoisotopic (exact) mass is 145 g/mol. The number of aliphatic hydroxyl groups is 2. The predicted octanol–water partition coefficient (Wildman–Crippen LogP) is 1.12. The van der Waals surface area contributed by atoms with Gasteiger partial charge in [0.05, 0.1) is 6.10 Å². The first-order valence-electron chi connectivity index (χ1n) is 3.93. The van der Waals surface area contributed by atoms with Crippen LogP contribution in [0.3, 0.4) is 0 Å². The number of hydrogen-bond acceptors (Lipinski definition) is 2. The molecule has 1 unspecified atom stereocenters. The van der Waals surface area contributed by atoms with Crippen molar-refractivity contribution in [1.82, 2.24) is 0 Å². The third kappa shape index (κ3) is 6.05. The summed E-state index contributed by atoms with van der Waals surface area (Å²) in [6, 6.07) is 0. The Bertz CT molecular complexity index is 64.3. The van der Waals surface area contributed by atoms with Gasteiger partial charge in [-0.05, 0) is 25.7 Å². The fourth-order valence-electron chi connectivity index (χ4n) is 0.733. The molecule has 0 aliphatic carbocycles. The minimum atomic E-state index is -0.251. The minimum absolute atomic E-state index is 0.251. The van der Waals surface area contributed by atoms with Crippen molar-refractivity contribution in [3.8, 4) is 0 Å². The van der Waals surface area contributed by atoms with E-state index in [4.69, 9.17) is 10.2 Å². The lowest BCUT2D eigenvalue weighted by atomic mass is 10.1. The van der Waals surface area contributed by atoms with Gasteiger partial charge in [0, 0.05) is 6.61 Å². The molecule has 0 amide bonds. The van der Waals surface area contributed by atoms with Crippen molar-refractivity contribution in [2.45, 2.75) is 38.7 Å². The quantitative estimate of drug-likeness (QED) is 0.550. The molecule has 0 heterocycles. The first-order chi connectivity index (χ1) is 4.81. The second kappa shape index (κ2) is 7.03. The van der Waals surface area contributed by atoms with Crippen LogP contribution in [0.5, 0.6) is 0 Å². The Kier molecular flexibility index (Phi) is 6.98. The summed E-state index contributed by atoms with van der Waals surface area (Å²) >= 11 is 0. The SMILES string of the molecule is CCC(O)[CH]CCCCO. The molecule has 0 spiro atoms. The first-order valence-corrected chi connectivity index (χ1v) is 3.93. The molecule has 0 aliphatic heterocycles. The lowest BCUT2D eigenvalue weighted by Crippen LogP contribution is -2.04. The molecule has 0 saturated carbocycles. The number of rotatable bonds is 6. The summed E-state index contributed by atoms with van der Waals surface area (Å²) in [5.41, 5.74) is 0. The van der Waals surface area contributed by atoms with E-state index in [1.807, 2.05) is 13.3 Å². The zero-order valence-corrected chi connectivity index (χ0v) is 6.58. The van der Waals surface area contributed by atoms with E-state index in [1.54, 1.807) is 0 Å². The van der Waals surface area contributed by atoms with E-state index in [-0.39, 0.29) is 12.7 Å². The van der Waals surface area contributed by atoms with Gasteiger partial charge >= 0.3 is 0 Å². The van der Waals surface area contributed by atoms with Crippen molar-refractivity contribution in [3.05, 3.63) is 6.42 Å². The fraction of sp³-hybridized carbons (Fsp3) is 0.875. The minimum Gasteiger partial charge on any atom is -0.396 e. The molecule has 0 saturated heterocycles. The molecule has 0 aromatic carbocycles. The van der Waals surface area contributed by atoms with Crippen molar-refractivity contribution in [3.63, 3.8) is 0 Å². The van der Waals surface area contributed by atoms with Gasteiger partial charge in [0.15, 0.2) is 0 Å². The Labute approximate surface area is 62.9 Å². The van der Waals surface area contributed by atoms with Gasteiger partial charge in [0.1, 0.15) is 0 Å². The van der Waals surface area contributed by atoms with Crippen LogP contribution in [0.25, 0.3) is 0 Å². The average Bonchev–Trinajstić information content (AvgIpc) is 1.98. The molecular formula is C8H17O2. The summed E-state index contributed by atoms with van der Waals surface area (Å²) in [5, 5.41) is 17.5. The maximum atomic E-state index is 9.04. The molecule has 1 radical (unpaired) electrons. The molecule has 0 bridgehead atoms. The molecule has 2 nitrogen and oxygen atoms in total. The van der Waals surface area contributed by atoms with Gasteiger partial charge < -0.3 is 10.2 Å². The van der Waals surface area contributed by atoms with Crippen LogP contribution >= 0.6 is 0 Å². The van der Waals surface area contributed by atoms with E-state index in [1.165, 1.54) is 0 Å². The lowest BCUT2D eigenvalue weighted by molar-refractivity contribution is 0.196. The molecule has 2 heteroatoms. The highest BCUT2D eigenvalue weighted by atomic mass is 16.3. The Balaban J connectivity index is 2.89. The van der Waals surface area contributed by atoms with Crippen LogP contribution in [0.2, 0.25) is 0 Å². The second-order valence-electron chi connectivity index (χ2n) is 2.43. The van der Waals surface area contributed by atoms with Gasteiger partial charge in [-0.2, -0.15) is 0 Å². The van der Waals surface area contributed by atoms with Crippen LogP contribution in [0, 0.1) is 6.42 Å². The molecule has 0 fully saturated rings. The highest BCUT2D eigenvalue weighted by molar-refractivity contribution is 4.73. The number of hydrogen-bond donors (Lipinski definition) is 2. The van der Waals surface area contributed by atoms with E-state index in [2.05, 4.69) is 0 Å². The third-order valence-corrected chi connectivity index (χ3v) is 1.47. The van der Waals surface area contributed by atoms with Crippen LogP contribution < -0.4 is 0 Å². The van der Waals surface area contributed by atoms with E-state index in [9.17, 15) is 0 Å². The van der Waals surface area contributed by atoms with E-state index in [0.717, 1.165) is 25.7 Å². The van der Waals surface area contributed by atoms with Crippen LogP contribution in [0.15, 0.2) is 0 Å². The van der Waals surface area contributed by atoms with Crippen LogP contribution in [0.4, 0.5) is 0 Å². The summed E-state index contributed by atoms with van der Waals surface area (Å²) in [7, 11) is 0. The predicted molar refractivity (Wildman–Crippen MR) is 41.5 cm³/mol. The zero-order valence-electron chi connectivity index (χ0n) is 6.58. The van der Waals surface area contributed by atoms with Crippen molar-refractivity contribution in [2.75, 3.05) is 6.61 Å². The molecule has 1 atom stereocenters. The van der Waals surface area contributed by atoms with Crippen LogP contribution in [-0.2, 0) is 0 Å². The average molecular weight is 145 g/mol. The molecule has 0 aliphatic rings. The largest absolute Gasteiger partial charge is 0.396 e. The molecule has 0 rings (SSSR count). The van der Waals surface area contributed by atoms with E-state index in [0.29, 0.717) is 0 Å². The van der Waals surface area contributed by atoms with Gasteiger partial charge in [0.2, 0.25) is 0 Å². The molecule has 0 aromatic rings. The molecule has 0 aromatic heterocycles. The highest BCUT2D eigenvalue weighted by Gasteiger charge is 1.98. The first kappa shape index (κ1) is 9.92. The summed E-state index contributed by atoms with van der Waals surface area (Å²) in [4.78, 5) is 0.